The number of fused-ring (bicyclic) bond motifs is 1. The SMILES string of the molecule is CC(C)c1noc2nc(-c3ccco3)cc(C(=O)NCC3CNC3)c12. The molecule has 3 aromatic rings. The molecule has 0 saturated carbocycles. The standard InChI is InChI=1S/C18H20N4O3/c1-10(2)16-15-12(17(23)20-9-11-7-19-8-11)6-13(14-4-3-5-24-14)21-18(15)25-22-16/h3-6,10-11,19H,7-9H2,1-2H3,(H,20,23). The van der Waals surface area contributed by atoms with Crippen molar-refractivity contribution in [1.82, 2.24) is 20.8 Å². The van der Waals surface area contributed by atoms with E-state index >= 15 is 0 Å². The molecule has 130 valence electrons. The van der Waals surface area contributed by atoms with E-state index in [9.17, 15) is 4.79 Å². The molecule has 0 aromatic carbocycles. The first-order valence-corrected chi connectivity index (χ1v) is 8.46. The van der Waals surface area contributed by atoms with E-state index in [4.69, 9.17) is 8.94 Å². The predicted octanol–water partition coefficient (Wildman–Crippen LogP) is 2.56. The quantitative estimate of drug-likeness (QED) is 0.741. The van der Waals surface area contributed by atoms with Crippen LogP contribution >= 0.6 is 0 Å². The minimum atomic E-state index is -0.141. The number of hydrogen-bond acceptors (Lipinski definition) is 6. The van der Waals surface area contributed by atoms with E-state index in [1.807, 2.05) is 13.8 Å². The monoisotopic (exact) mass is 340 g/mol. The van der Waals surface area contributed by atoms with Crippen LogP contribution in [0.25, 0.3) is 22.6 Å². The van der Waals surface area contributed by atoms with Gasteiger partial charge in [0.05, 0.1) is 22.9 Å². The van der Waals surface area contributed by atoms with E-state index in [1.165, 1.54) is 0 Å². The molecular formula is C18H20N4O3. The fraction of sp³-hybridized carbons (Fsp3) is 0.389. The van der Waals surface area contributed by atoms with Gasteiger partial charge in [0.15, 0.2) is 5.76 Å². The molecule has 0 atom stereocenters. The molecule has 1 amide bonds. The lowest BCUT2D eigenvalue weighted by molar-refractivity contribution is 0.0943. The third kappa shape index (κ3) is 2.91. The molecular weight excluding hydrogens is 320 g/mol. The topological polar surface area (TPSA) is 93.2 Å². The van der Waals surface area contributed by atoms with Crippen molar-refractivity contribution in [3.8, 4) is 11.5 Å². The number of pyridine rings is 1. The first-order chi connectivity index (χ1) is 12.1. The van der Waals surface area contributed by atoms with Crippen molar-refractivity contribution in [2.45, 2.75) is 19.8 Å². The summed E-state index contributed by atoms with van der Waals surface area (Å²) in [6, 6.07) is 5.33. The summed E-state index contributed by atoms with van der Waals surface area (Å²) in [5.74, 6) is 1.05. The van der Waals surface area contributed by atoms with Crippen LogP contribution in [0.2, 0.25) is 0 Å². The molecule has 4 rings (SSSR count). The molecule has 1 aliphatic rings. The number of rotatable bonds is 5. The van der Waals surface area contributed by atoms with Gasteiger partial charge in [0.2, 0.25) is 0 Å². The Balaban J connectivity index is 1.77. The molecule has 0 aliphatic carbocycles. The van der Waals surface area contributed by atoms with E-state index in [0.717, 1.165) is 18.8 Å². The van der Waals surface area contributed by atoms with Gasteiger partial charge in [-0.25, -0.2) is 4.98 Å². The van der Waals surface area contributed by atoms with Gasteiger partial charge < -0.3 is 19.6 Å². The van der Waals surface area contributed by atoms with Crippen molar-refractivity contribution in [2.75, 3.05) is 19.6 Å². The minimum Gasteiger partial charge on any atom is -0.463 e. The lowest BCUT2D eigenvalue weighted by Crippen LogP contribution is -2.48. The molecule has 1 aliphatic heterocycles. The maximum Gasteiger partial charge on any atom is 0.259 e. The summed E-state index contributed by atoms with van der Waals surface area (Å²) in [6.07, 6.45) is 1.57. The maximum atomic E-state index is 12.8. The summed E-state index contributed by atoms with van der Waals surface area (Å²) in [5.41, 5.74) is 2.17. The first kappa shape index (κ1) is 15.8. The van der Waals surface area contributed by atoms with Gasteiger partial charge >= 0.3 is 0 Å². The number of nitrogens with zero attached hydrogens (tertiary/aromatic N) is 2. The van der Waals surface area contributed by atoms with Crippen LogP contribution in [0.1, 0.15) is 35.8 Å². The average molecular weight is 340 g/mol. The summed E-state index contributed by atoms with van der Waals surface area (Å²) in [5, 5.41) is 11.0. The van der Waals surface area contributed by atoms with E-state index in [2.05, 4.69) is 20.8 Å². The minimum absolute atomic E-state index is 0.125. The molecule has 3 aromatic heterocycles. The van der Waals surface area contributed by atoms with Gasteiger partial charge in [0.1, 0.15) is 5.69 Å². The van der Waals surface area contributed by atoms with Crippen molar-refractivity contribution < 1.29 is 13.7 Å². The number of carbonyl (C=O) groups is 1. The lowest BCUT2D eigenvalue weighted by atomic mass is 10.0. The summed E-state index contributed by atoms with van der Waals surface area (Å²) in [6.45, 7) is 6.55. The van der Waals surface area contributed by atoms with Crippen LogP contribution in [0.15, 0.2) is 33.4 Å². The molecule has 1 fully saturated rings. The van der Waals surface area contributed by atoms with Gasteiger partial charge in [0.25, 0.3) is 11.6 Å². The van der Waals surface area contributed by atoms with Crippen molar-refractivity contribution in [2.24, 2.45) is 5.92 Å². The van der Waals surface area contributed by atoms with Crippen molar-refractivity contribution in [3.05, 3.63) is 35.7 Å². The van der Waals surface area contributed by atoms with Crippen LogP contribution in [0.5, 0.6) is 0 Å². The molecule has 0 bridgehead atoms. The summed E-state index contributed by atoms with van der Waals surface area (Å²) < 4.78 is 10.8. The Morgan fingerprint density at radius 3 is 2.92 bits per heavy atom. The zero-order valence-corrected chi connectivity index (χ0v) is 14.2. The second kappa shape index (κ2) is 6.33. The Bertz CT molecular complexity index is 895. The highest BCUT2D eigenvalue weighted by molar-refractivity contribution is 6.07. The van der Waals surface area contributed by atoms with Gasteiger partial charge in [-0.3, -0.25) is 4.79 Å². The molecule has 0 spiro atoms. The van der Waals surface area contributed by atoms with E-state index in [1.54, 1.807) is 24.5 Å². The molecule has 0 unspecified atom stereocenters. The Hall–Kier alpha value is -2.67. The Morgan fingerprint density at radius 2 is 2.28 bits per heavy atom. The first-order valence-electron chi connectivity index (χ1n) is 8.46. The van der Waals surface area contributed by atoms with Crippen molar-refractivity contribution >= 4 is 17.0 Å². The molecule has 2 N–H and O–H groups in total. The van der Waals surface area contributed by atoms with Crippen LogP contribution in [0.4, 0.5) is 0 Å². The molecule has 0 radical (unpaired) electrons. The molecule has 1 saturated heterocycles. The number of aromatic nitrogens is 2. The lowest BCUT2D eigenvalue weighted by Gasteiger charge is -2.27. The van der Waals surface area contributed by atoms with E-state index < -0.39 is 0 Å². The second-order valence-corrected chi connectivity index (χ2v) is 6.67. The number of amides is 1. The molecule has 7 nitrogen and oxygen atoms in total. The molecule has 7 heteroatoms. The molecule has 25 heavy (non-hydrogen) atoms. The van der Waals surface area contributed by atoms with Gasteiger partial charge in [-0.1, -0.05) is 19.0 Å². The van der Waals surface area contributed by atoms with Crippen LogP contribution in [-0.4, -0.2) is 35.7 Å². The van der Waals surface area contributed by atoms with Crippen LogP contribution < -0.4 is 10.6 Å². The van der Waals surface area contributed by atoms with Crippen LogP contribution in [0, 0.1) is 5.92 Å². The summed E-state index contributed by atoms with van der Waals surface area (Å²) in [7, 11) is 0. The fourth-order valence-corrected chi connectivity index (χ4v) is 2.92. The largest absolute Gasteiger partial charge is 0.463 e. The van der Waals surface area contributed by atoms with Gasteiger partial charge in [0, 0.05) is 25.6 Å². The van der Waals surface area contributed by atoms with Crippen LogP contribution in [0.3, 0.4) is 0 Å². The zero-order valence-electron chi connectivity index (χ0n) is 14.2. The van der Waals surface area contributed by atoms with Crippen LogP contribution in [-0.2, 0) is 0 Å². The number of nitrogens with one attached hydrogen (secondary N) is 2. The number of hydrogen-bond donors (Lipinski definition) is 2. The van der Waals surface area contributed by atoms with Gasteiger partial charge in [-0.05, 0) is 24.1 Å². The van der Waals surface area contributed by atoms with Gasteiger partial charge in [-0.15, -0.1) is 0 Å². The van der Waals surface area contributed by atoms with E-state index in [0.29, 0.717) is 40.6 Å². The van der Waals surface area contributed by atoms with Gasteiger partial charge in [-0.2, -0.15) is 0 Å². The highest BCUT2D eigenvalue weighted by Crippen LogP contribution is 2.30. The molecule has 4 heterocycles. The predicted molar refractivity (Wildman–Crippen MR) is 92.3 cm³/mol. The number of carbonyl (C=O) groups excluding carboxylic acids is 1. The number of furan rings is 1. The van der Waals surface area contributed by atoms with Crippen molar-refractivity contribution in [3.63, 3.8) is 0 Å². The third-order valence-corrected chi connectivity index (χ3v) is 4.46. The average Bonchev–Trinajstić information content (AvgIpc) is 3.21. The smallest absolute Gasteiger partial charge is 0.259 e. The highest BCUT2D eigenvalue weighted by atomic mass is 16.5. The summed E-state index contributed by atoms with van der Waals surface area (Å²) >= 11 is 0. The Labute approximate surface area is 144 Å². The highest BCUT2D eigenvalue weighted by Gasteiger charge is 2.24. The Morgan fingerprint density at radius 1 is 1.44 bits per heavy atom. The fourth-order valence-electron chi connectivity index (χ4n) is 2.92. The third-order valence-electron chi connectivity index (χ3n) is 4.46. The summed E-state index contributed by atoms with van der Waals surface area (Å²) in [4.78, 5) is 17.3. The second-order valence-electron chi connectivity index (χ2n) is 6.67. The maximum absolute atomic E-state index is 12.8. The van der Waals surface area contributed by atoms with Crippen molar-refractivity contribution in [1.29, 1.82) is 0 Å². The normalized spacial score (nSPS) is 14.8. The zero-order chi connectivity index (χ0) is 17.4. The van der Waals surface area contributed by atoms with E-state index in [-0.39, 0.29) is 11.8 Å². The Kier molecular flexibility index (Phi) is 4.01.